The highest BCUT2D eigenvalue weighted by molar-refractivity contribution is 6.16. The van der Waals surface area contributed by atoms with Gasteiger partial charge in [0.05, 0.1) is 11.6 Å². The molecule has 2 aromatic rings. The second kappa shape index (κ2) is 3.39. The molecule has 0 bridgehead atoms. The lowest BCUT2D eigenvalue weighted by Crippen LogP contribution is -2.15. The van der Waals surface area contributed by atoms with E-state index in [1.807, 2.05) is 0 Å². The van der Waals surface area contributed by atoms with Crippen LogP contribution in [0.1, 0.15) is 16.1 Å². The van der Waals surface area contributed by atoms with E-state index in [1.54, 1.807) is 0 Å². The van der Waals surface area contributed by atoms with Crippen molar-refractivity contribution in [3.05, 3.63) is 33.9 Å². The van der Waals surface area contributed by atoms with Gasteiger partial charge in [-0.2, -0.15) is 0 Å². The Morgan fingerprint density at radius 1 is 1.67 bits per heavy atom. The largest absolute Gasteiger partial charge is 0.477 e. The van der Waals surface area contributed by atoms with Gasteiger partial charge in [0.2, 0.25) is 0 Å². The lowest BCUT2D eigenvalue weighted by atomic mass is 10.3. The van der Waals surface area contributed by atoms with E-state index in [9.17, 15) is 9.59 Å². The number of nitrogens with zero attached hydrogens (tertiary/aromatic N) is 2. The van der Waals surface area contributed by atoms with Crippen molar-refractivity contribution in [2.45, 2.75) is 5.88 Å². The predicted molar refractivity (Wildman–Crippen MR) is 52.3 cm³/mol. The highest BCUT2D eigenvalue weighted by Gasteiger charge is 2.13. The molecular weight excluding hydrogens is 222 g/mol. The normalized spacial score (nSPS) is 10.7. The molecule has 0 aliphatic heterocycles. The van der Waals surface area contributed by atoms with Crippen LogP contribution in [0.25, 0.3) is 5.65 Å². The van der Waals surface area contributed by atoms with Gasteiger partial charge in [-0.25, -0.2) is 14.3 Å². The van der Waals surface area contributed by atoms with Crippen molar-refractivity contribution >= 4 is 23.2 Å². The number of carbonyl (C=O) groups is 1. The van der Waals surface area contributed by atoms with Crippen LogP contribution in [0.2, 0.25) is 0 Å². The van der Waals surface area contributed by atoms with E-state index in [1.165, 1.54) is 12.3 Å². The van der Waals surface area contributed by atoms with E-state index < -0.39 is 5.97 Å². The topological polar surface area (TPSA) is 87.5 Å². The maximum atomic E-state index is 11.4. The fourth-order valence-electron chi connectivity index (χ4n) is 1.25. The van der Waals surface area contributed by atoms with Gasteiger partial charge in [0.1, 0.15) is 5.56 Å². The number of H-pyrrole nitrogens is 1. The number of aromatic nitrogens is 3. The molecule has 2 heterocycles. The van der Waals surface area contributed by atoms with Crippen molar-refractivity contribution in [2.75, 3.05) is 0 Å². The number of rotatable bonds is 2. The van der Waals surface area contributed by atoms with Crippen molar-refractivity contribution in [3.8, 4) is 0 Å². The van der Waals surface area contributed by atoms with Crippen molar-refractivity contribution < 1.29 is 9.90 Å². The number of hydrogen-bond acceptors (Lipinski definition) is 3. The zero-order valence-corrected chi connectivity index (χ0v) is 8.15. The van der Waals surface area contributed by atoms with Crippen molar-refractivity contribution in [1.82, 2.24) is 14.6 Å². The Morgan fingerprint density at radius 2 is 2.40 bits per heavy atom. The molecule has 0 amide bonds. The first-order chi connectivity index (χ1) is 7.13. The zero-order chi connectivity index (χ0) is 11.0. The molecule has 0 fully saturated rings. The molecule has 0 aliphatic rings. The molecule has 78 valence electrons. The van der Waals surface area contributed by atoms with Crippen molar-refractivity contribution in [1.29, 1.82) is 0 Å². The summed E-state index contributed by atoms with van der Waals surface area (Å²) >= 11 is 5.53. The van der Waals surface area contributed by atoms with Crippen LogP contribution in [-0.2, 0) is 5.88 Å². The fraction of sp³-hybridized carbons (Fsp3) is 0.125. The van der Waals surface area contributed by atoms with Crippen LogP contribution in [0.5, 0.6) is 0 Å². The van der Waals surface area contributed by atoms with E-state index in [0.29, 0.717) is 5.69 Å². The zero-order valence-electron chi connectivity index (χ0n) is 7.40. The van der Waals surface area contributed by atoms with Crippen LogP contribution < -0.4 is 5.56 Å². The van der Waals surface area contributed by atoms with Crippen LogP contribution in [0.15, 0.2) is 17.1 Å². The summed E-state index contributed by atoms with van der Waals surface area (Å²) in [6, 6.07) is 1.25. The van der Waals surface area contributed by atoms with Gasteiger partial charge in [-0.05, 0) is 0 Å². The molecule has 2 rings (SSSR count). The Hall–Kier alpha value is -1.82. The molecule has 6 nitrogen and oxygen atoms in total. The number of alkyl halides is 1. The maximum absolute atomic E-state index is 11.4. The molecule has 0 unspecified atom stereocenters. The van der Waals surface area contributed by atoms with Gasteiger partial charge < -0.3 is 5.11 Å². The standard InChI is InChI=1S/C8H6ClN3O3/c9-2-4-1-6(13)12-7(11-4)5(3-10-12)8(14)15/h1,3,10H,2H2,(H,14,15). The molecule has 0 aromatic carbocycles. The van der Waals surface area contributed by atoms with E-state index in [0.717, 1.165) is 4.52 Å². The molecular formula is C8H6ClN3O3. The average Bonchev–Trinajstić information content (AvgIpc) is 2.61. The van der Waals surface area contributed by atoms with E-state index in [2.05, 4.69) is 10.1 Å². The summed E-state index contributed by atoms with van der Waals surface area (Å²) in [5.41, 5.74) is -0.0170. The monoisotopic (exact) mass is 227 g/mol. The molecule has 15 heavy (non-hydrogen) atoms. The van der Waals surface area contributed by atoms with Crippen LogP contribution in [0, 0.1) is 0 Å². The highest BCUT2D eigenvalue weighted by atomic mass is 35.5. The summed E-state index contributed by atoms with van der Waals surface area (Å²) in [6.45, 7) is 0. The highest BCUT2D eigenvalue weighted by Crippen LogP contribution is 2.07. The molecule has 0 saturated carbocycles. The lowest BCUT2D eigenvalue weighted by Gasteiger charge is -1.96. The summed E-state index contributed by atoms with van der Waals surface area (Å²) < 4.78 is 1.06. The second-order valence-corrected chi connectivity index (χ2v) is 3.14. The van der Waals surface area contributed by atoms with Crippen molar-refractivity contribution in [3.63, 3.8) is 0 Å². The summed E-state index contributed by atoms with van der Waals surface area (Å²) in [5, 5.41) is 11.3. The van der Waals surface area contributed by atoms with Crippen LogP contribution >= 0.6 is 11.6 Å². The predicted octanol–water partition coefficient (Wildman–Crippen LogP) is 0.460. The minimum Gasteiger partial charge on any atom is -0.477 e. The first-order valence-corrected chi connectivity index (χ1v) is 4.56. The summed E-state index contributed by atoms with van der Waals surface area (Å²) in [7, 11) is 0. The summed E-state index contributed by atoms with van der Waals surface area (Å²) in [6.07, 6.45) is 1.21. The van der Waals surface area contributed by atoms with Crippen LogP contribution in [-0.4, -0.2) is 25.7 Å². The Bertz CT molecular complexity index is 586. The first kappa shape index (κ1) is 9.72. The van der Waals surface area contributed by atoms with E-state index in [-0.39, 0.29) is 22.6 Å². The van der Waals surface area contributed by atoms with Gasteiger partial charge in [-0.3, -0.25) is 9.89 Å². The van der Waals surface area contributed by atoms with Gasteiger partial charge in [0, 0.05) is 12.3 Å². The third-order valence-corrected chi connectivity index (χ3v) is 2.19. The Labute approximate surface area is 88.1 Å². The first-order valence-electron chi connectivity index (χ1n) is 4.03. The third-order valence-electron chi connectivity index (χ3n) is 1.92. The molecule has 0 saturated heterocycles. The molecule has 0 atom stereocenters. The van der Waals surface area contributed by atoms with Gasteiger partial charge in [-0.1, -0.05) is 0 Å². The summed E-state index contributed by atoms with van der Waals surface area (Å²) in [4.78, 5) is 26.2. The van der Waals surface area contributed by atoms with Crippen molar-refractivity contribution in [2.24, 2.45) is 0 Å². The van der Waals surface area contributed by atoms with E-state index >= 15 is 0 Å². The number of aromatic carboxylic acids is 1. The number of halogens is 1. The molecule has 0 radical (unpaired) electrons. The number of nitrogens with one attached hydrogen (secondary N) is 1. The molecule has 2 N–H and O–H groups in total. The van der Waals surface area contributed by atoms with Crippen LogP contribution in [0.4, 0.5) is 0 Å². The number of hydrogen-bond donors (Lipinski definition) is 2. The molecule has 0 spiro atoms. The number of fused-ring (bicyclic) bond motifs is 1. The fourth-order valence-corrected chi connectivity index (χ4v) is 1.39. The molecule has 7 heteroatoms. The Balaban J connectivity index is 2.84. The van der Waals surface area contributed by atoms with E-state index in [4.69, 9.17) is 16.7 Å². The lowest BCUT2D eigenvalue weighted by molar-refractivity contribution is 0.0699. The van der Waals surface area contributed by atoms with Gasteiger partial charge in [0.25, 0.3) is 5.56 Å². The number of carboxylic acid groups (broad SMARTS) is 1. The molecule has 0 aliphatic carbocycles. The quantitative estimate of drug-likeness (QED) is 0.730. The summed E-state index contributed by atoms with van der Waals surface area (Å²) in [5.74, 6) is -1.08. The minimum absolute atomic E-state index is 0.0564. The SMILES string of the molecule is O=C(O)c1c[nH]n2c(=O)cc(CCl)nc12. The maximum Gasteiger partial charge on any atom is 0.341 e. The van der Waals surface area contributed by atoms with Gasteiger partial charge in [0.15, 0.2) is 5.65 Å². The number of carboxylic acids is 1. The third kappa shape index (κ3) is 1.48. The van der Waals surface area contributed by atoms with Gasteiger partial charge >= 0.3 is 5.97 Å². The minimum atomic E-state index is -1.15. The van der Waals surface area contributed by atoms with Gasteiger partial charge in [-0.15, -0.1) is 11.6 Å². The molecule has 2 aromatic heterocycles. The Kier molecular flexibility index (Phi) is 2.20. The smallest absolute Gasteiger partial charge is 0.341 e. The Morgan fingerprint density at radius 3 is 3.00 bits per heavy atom. The second-order valence-electron chi connectivity index (χ2n) is 2.87. The van der Waals surface area contributed by atoms with Crippen LogP contribution in [0.3, 0.4) is 0 Å². The average molecular weight is 228 g/mol. The number of aromatic amines is 1.